The molecule has 1 unspecified atom stereocenters. The zero-order valence-corrected chi connectivity index (χ0v) is 5.35. The highest BCUT2D eigenvalue weighted by Crippen LogP contribution is 2.36. The number of hydrogen-bond acceptors (Lipinski definition) is 2. The van der Waals surface area contributed by atoms with Crippen LogP contribution in [0, 0.1) is 0 Å². The molecule has 0 amide bonds. The van der Waals surface area contributed by atoms with Crippen molar-refractivity contribution in [3.05, 3.63) is 0 Å². The van der Waals surface area contributed by atoms with Crippen LogP contribution in [0.2, 0.25) is 0 Å². The van der Waals surface area contributed by atoms with Crippen LogP contribution in [0.3, 0.4) is 0 Å². The summed E-state index contributed by atoms with van der Waals surface area (Å²) in [6.45, 7) is 4.31. The largest absolute Gasteiger partial charge is 0.396 e. The number of ether oxygens (including phenoxy) is 1. The molecule has 1 fully saturated rings. The van der Waals surface area contributed by atoms with Crippen molar-refractivity contribution >= 4 is 0 Å². The Bertz CT molecular complexity index is 88.5. The van der Waals surface area contributed by atoms with Gasteiger partial charge < -0.3 is 9.84 Å². The molecule has 1 heterocycles. The first-order chi connectivity index (χ1) is 3.67. The third kappa shape index (κ3) is 1.01. The average molecular weight is 116 g/mol. The van der Waals surface area contributed by atoms with Crippen LogP contribution in [0.4, 0.5) is 0 Å². The minimum atomic E-state index is 0.0583. The van der Waals surface area contributed by atoms with E-state index in [9.17, 15) is 0 Å². The first-order valence-electron chi connectivity index (χ1n) is 2.95. The Morgan fingerprint density at radius 2 is 2.12 bits per heavy atom. The molecule has 0 aliphatic carbocycles. The van der Waals surface area contributed by atoms with E-state index in [1.807, 2.05) is 13.8 Å². The standard InChI is InChI=1S/C6H12O2/c1-6(2)5(8-6)3-4-7/h5,7H,3-4H2,1-2H3. The Hall–Kier alpha value is -0.0800. The Morgan fingerprint density at radius 1 is 1.62 bits per heavy atom. The molecule has 0 aromatic carbocycles. The average Bonchev–Trinajstić information content (AvgIpc) is 2.15. The fourth-order valence-electron chi connectivity index (χ4n) is 0.856. The molecule has 0 bridgehead atoms. The van der Waals surface area contributed by atoms with E-state index in [2.05, 4.69) is 0 Å². The molecule has 1 aliphatic rings. The number of rotatable bonds is 2. The van der Waals surface area contributed by atoms with Crippen molar-refractivity contribution < 1.29 is 9.84 Å². The van der Waals surface area contributed by atoms with Gasteiger partial charge in [0.25, 0.3) is 0 Å². The first kappa shape index (κ1) is 6.05. The fraction of sp³-hybridized carbons (Fsp3) is 1.00. The molecule has 2 heteroatoms. The van der Waals surface area contributed by atoms with E-state index >= 15 is 0 Å². The Balaban J connectivity index is 2.17. The highest BCUT2D eigenvalue weighted by molar-refractivity contribution is 4.94. The van der Waals surface area contributed by atoms with Gasteiger partial charge in [-0.15, -0.1) is 0 Å². The summed E-state index contributed by atoms with van der Waals surface area (Å²) >= 11 is 0. The van der Waals surface area contributed by atoms with Crippen LogP contribution in [0.15, 0.2) is 0 Å². The maximum Gasteiger partial charge on any atom is 0.0893 e. The highest BCUT2D eigenvalue weighted by atomic mass is 16.6. The van der Waals surface area contributed by atoms with Crippen molar-refractivity contribution in [1.29, 1.82) is 0 Å². The minimum Gasteiger partial charge on any atom is -0.396 e. The molecule has 1 atom stereocenters. The molecule has 0 spiro atoms. The van der Waals surface area contributed by atoms with Crippen LogP contribution in [0.25, 0.3) is 0 Å². The van der Waals surface area contributed by atoms with Crippen molar-refractivity contribution in [2.45, 2.75) is 32.0 Å². The second-order valence-corrected chi connectivity index (χ2v) is 2.72. The molecule has 1 N–H and O–H groups in total. The summed E-state index contributed by atoms with van der Waals surface area (Å²) in [6.07, 6.45) is 1.10. The molecule has 48 valence electrons. The second kappa shape index (κ2) is 1.71. The van der Waals surface area contributed by atoms with Crippen molar-refractivity contribution in [3.8, 4) is 0 Å². The highest BCUT2D eigenvalue weighted by Gasteiger charge is 2.46. The predicted molar refractivity (Wildman–Crippen MR) is 30.7 cm³/mol. The molecular weight excluding hydrogens is 104 g/mol. The summed E-state index contributed by atoms with van der Waals surface area (Å²) in [5.41, 5.74) is 0.0583. The Labute approximate surface area is 49.5 Å². The van der Waals surface area contributed by atoms with Gasteiger partial charge in [-0.1, -0.05) is 0 Å². The van der Waals surface area contributed by atoms with E-state index in [4.69, 9.17) is 9.84 Å². The van der Waals surface area contributed by atoms with E-state index in [1.54, 1.807) is 0 Å². The van der Waals surface area contributed by atoms with Gasteiger partial charge in [0.05, 0.1) is 11.7 Å². The molecule has 0 radical (unpaired) electrons. The monoisotopic (exact) mass is 116 g/mol. The molecule has 0 saturated carbocycles. The molecule has 1 aliphatic heterocycles. The summed E-state index contributed by atoms with van der Waals surface area (Å²) in [7, 11) is 0. The van der Waals surface area contributed by atoms with Gasteiger partial charge in [0.1, 0.15) is 0 Å². The quantitative estimate of drug-likeness (QED) is 0.534. The van der Waals surface area contributed by atoms with Gasteiger partial charge in [0.2, 0.25) is 0 Å². The fourth-order valence-corrected chi connectivity index (χ4v) is 0.856. The molecule has 1 rings (SSSR count). The van der Waals surface area contributed by atoms with Gasteiger partial charge in [-0.2, -0.15) is 0 Å². The summed E-state index contributed by atoms with van der Waals surface area (Å²) in [5, 5.41) is 8.43. The smallest absolute Gasteiger partial charge is 0.0893 e. The van der Waals surface area contributed by atoms with Gasteiger partial charge in [-0.25, -0.2) is 0 Å². The topological polar surface area (TPSA) is 32.8 Å². The predicted octanol–water partition coefficient (Wildman–Crippen LogP) is 0.546. The minimum absolute atomic E-state index is 0.0583. The van der Waals surface area contributed by atoms with Crippen molar-refractivity contribution in [3.63, 3.8) is 0 Å². The molecule has 2 nitrogen and oxygen atoms in total. The summed E-state index contributed by atoms with van der Waals surface area (Å²) in [5.74, 6) is 0. The second-order valence-electron chi connectivity index (χ2n) is 2.72. The lowest BCUT2D eigenvalue weighted by Gasteiger charge is -1.90. The van der Waals surface area contributed by atoms with Crippen LogP contribution >= 0.6 is 0 Å². The van der Waals surface area contributed by atoms with Gasteiger partial charge in [0.15, 0.2) is 0 Å². The van der Waals surface area contributed by atoms with Crippen LogP contribution in [0.5, 0.6) is 0 Å². The Morgan fingerprint density at radius 3 is 2.25 bits per heavy atom. The Kier molecular flexibility index (Phi) is 1.29. The maximum absolute atomic E-state index is 8.43. The molecular formula is C6H12O2. The van der Waals surface area contributed by atoms with E-state index in [0.29, 0.717) is 6.10 Å². The van der Waals surface area contributed by atoms with Crippen LogP contribution in [-0.2, 0) is 4.74 Å². The van der Waals surface area contributed by atoms with E-state index in [0.717, 1.165) is 6.42 Å². The zero-order valence-electron chi connectivity index (χ0n) is 5.35. The molecule has 0 aromatic heterocycles. The number of epoxide rings is 1. The normalized spacial score (nSPS) is 32.6. The van der Waals surface area contributed by atoms with Gasteiger partial charge in [-0.3, -0.25) is 0 Å². The summed E-state index contributed by atoms with van der Waals surface area (Å²) in [6, 6.07) is 0. The lowest BCUT2D eigenvalue weighted by molar-refractivity contribution is 0.259. The summed E-state index contributed by atoms with van der Waals surface area (Å²) in [4.78, 5) is 0. The lowest BCUT2D eigenvalue weighted by atomic mass is 10.1. The van der Waals surface area contributed by atoms with E-state index < -0.39 is 0 Å². The number of hydrogen-bond donors (Lipinski definition) is 1. The first-order valence-corrected chi connectivity index (χ1v) is 2.95. The molecule has 8 heavy (non-hydrogen) atoms. The van der Waals surface area contributed by atoms with Crippen LogP contribution in [-0.4, -0.2) is 23.4 Å². The third-order valence-electron chi connectivity index (χ3n) is 1.56. The lowest BCUT2D eigenvalue weighted by Crippen LogP contribution is -2.03. The molecule has 0 aromatic rings. The van der Waals surface area contributed by atoms with Crippen molar-refractivity contribution in [2.24, 2.45) is 0 Å². The van der Waals surface area contributed by atoms with E-state index in [1.165, 1.54) is 0 Å². The van der Waals surface area contributed by atoms with Crippen molar-refractivity contribution in [1.82, 2.24) is 0 Å². The number of aliphatic hydroxyl groups is 1. The maximum atomic E-state index is 8.43. The zero-order chi connectivity index (χ0) is 6.20. The number of aliphatic hydroxyl groups excluding tert-OH is 1. The van der Waals surface area contributed by atoms with Crippen LogP contribution < -0.4 is 0 Å². The summed E-state index contributed by atoms with van der Waals surface area (Å²) < 4.78 is 5.18. The van der Waals surface area contributed by atoms with Gasteiger partial charge in [-0.05, 0) is 20.3 Å². The van der Waals surface area contributed by atoms with Gasteiger partial charge in [0, 0.05) is 6.61 Å². The third-order valence-corrected chi connectivity index (χ3v) is 1.56. The SMILES string of the molecule is CC1(C)OC1CCO. The molecule has 1 saturated heterocycles. The van der Waals surface area contributed by atoms with Crippen molar-refractivity contribution in [2.75, 3.05) is 6.61 Å². The van der Waals surface area contributed by atoms with Gasteiger partial charge >= 0.3 is 0 Å². The van der Waals surface area contributed by atoms with E-state index in [-0.39, 0.29) is 12.2 Å². The van der Waals surface area contributed by atoms with Crippen LogP contribution in [0.1, 0.15) is 20.3 Å².